The first-order valence-electron chi connectivity index (χ1n) is 8.88. The lowest BCUT2D eigenvalue weighted by Crippen LogP contribution is -2.51. The fraction of sp³-hybridized carbons (Fsp3) is 0.474. The van der Waals surface area contributed by atoms with Crippen LogP contribution in [0.4, 0.5) is 10.1 Å². The summed E-state index contributed by atoms with van der Waals surface area (Å²) in [6.07, 6.45) is 0.570. The van der Waals surface area contributed by atoms with Gasteiger partial charge in [-0.3, -0.25) is 14.4 Å². The molecule has 1 atom stereocenters. The molecule has 0 bridgehead atoms. The van der Waals surface area contributed by atoms with Crippen molar-refractivity contribution in [2.75, 3.05) is 18.5 Å². The van der Waals surface area contributed by atoms with Gasteiger partial charge in [-0.2, -0.15) is 0 Å². The predicted molar refractivity (Wildman–Crippen MR) is 98.6 cm³/mol. The van der Waals surface area contributed by atoms with Crippen molar-refractivity contribution >= 4 is 29.4 Å². The SMILES string of the molecule is CC(C)(C)N(CC(=O)Nc1ccc(F)cc1)C(=O)COC(=O)[C@H]1CCC(=O)N1. The highest BCUT2D eigenvalue weighted by atomic mass is 19.1. The lowest BCUT2D eigenvalue weighted by molar-refractivity contribution is -0.156. The summed E-state index contributed by atoms with van der Waals surface area (Å²) < 4.78 is 18.0. The number of hydrogen-bond donors (Lipinski definition) is 2. The number of halogens is 1. The van der Waals surface area contributed by atoms with E-state index in [-0.39, 0.29) is 18.9 Å². The van der Waals surface area contributed by atoms with Crippen LogP contribution in [0.15, 0.2) is 24.3 Å². The third kappa shape index (κ3) is 6.04. The Bertz CT molecular complexity index is 758. The van der Waals surface area contributed by atoms with Crippen molar-refractivity contribution in [1.82, 2.24) is 10.2 Å². The summed E-state index contributed by atoms with van der Waals surface area (Å²) in [5.74, 6) is -2.35. The quantitative estimate of drug-likeness (QED) is 0.707. The van der Waals surface area contributed by atoms with Gasteiger partial charge in [0.05, 0.1) is 0 Å². The third-order valence-electron chi connectivity index (χ3n) is 4.16. The number of nitrogens with zero attached hydrogens (tertiary/aromatic N) is 1. The number of rotatable bonds is 6. The van der Waals surface area contributed by atoms with Crippen LogP contribution in [0.2, 0.25) is 0 Å². The highest BCUT2D eigenvalue weighted by molar-refractivity contribution is 5.95. The summed E-state index contributed by atoms with van der Waals surface area (Å²) in [5, 5.41) is 5.06. The van der Waals surface area contributed by atoms with E-state index in [0.717, 1.165) is 0 Å². The zero-order chi connectivity index (χ0) is 20.9. The van der Waals surface area contributed by atoms with Crippen molar-refractivity contribution in [1.29, 1.82) is 0 Å². The molecular formula is C19H24FN3O5. The predicted octanol–water partition coefficient (Wildman–Crippen LogP) is 1.21. The number of carbonyl (C=O) groups is 4. The molecule has 1 aliphatic rings. The van der Waals surface area contributed by atoms with E-state index in [2.05, 4.69) is 10.6 Å². The Morgan fingerprint density at radius 3 is 2.43 bits per heavy atom. The molecule has 152 valence electrons. The molecule has 0 radical (unpaired) electrons. The molecular weight excluding hydrogens is 369 g/mol. The van der Waals surface area contributed by atoms with Gasteiger partial charge in [0.15, 0.2) is 6.61 Å². The number of hydrogen-bond acceptors (Lipinski definition) is 5. The molecule has 2 N–H and O–H groups in total. The molecule has 0 saturated carbocycles. The normalized spacial score (nSPS) is 16.3. The molecule has 1 saturated heterocycles. The number of esters is 1. The van der Waals surface area contributed by atoms with Gasteiger partial charge < -0.3 is 20.3 Å². The Morgan fingerprint density at radius 2 is 1.89 bits per heavy atom. The van der Waals surface area contributed by atoms with E-state index in [9.17, 15) is 23.6 Å². The largest absolute Gasteiger partial charge is 0.454 e. The molecule has 1 aromatic carbocycles. The highest BCUT2D eigenvalue weighted by Crippen LogP contribution is 2.15. The Kier molecular flexibility index (Phi) is 6.71. The molecule has 1 fully saturated rings. The molecule has 1 aromatic rings. The highest BCUT2D eigenvalue weighted by Gasteiger charge is 2.32. The van der Waals surface area contributed by atoms with E-state index in [1.165, 1.54) is 29.2 Å². The maximum atomic E-state index is 12.9. The van der Waals surface area contributed by atoms with Gasteiger partial charge in [0, 0.05) is 17.6 Å². The first kappa shape index (κ1) is 21.3. The number of carbonyl (C=O) groups excluding carboxylic acids is 4. The minimum absolute atomic E-state index is 0.234. The van der Waals surface area contributed by atoms with Crippen molar-refractivity contribution in [2.24, 2.45) is 0 Å². The smallest absolute Gasteiger partial charge is 0.329 e. The number of anilines is 1. The Balaban J connectivity index is 1.93. The van der Waals surface area contributed by atoms with Gasteiger partial charge in [0.2, 0.25) is 11.8 Å². The van der Waals surface area contributed by atoms with Gasteiger partial charge in [-0.15, -0.1) is 0 Å². The second-order valence-corrected chi connectivity index (χ2v) is 7.47. The summed E-state index contributed by atoms with van der Waals surface area (Å²) in [4.78, 5) is 49.2. The number of benzene rings is 1. The molecule has 1 aliphatic heterocycles. The second-order valence-electron chi connectivity index (χ2n) is 7.47. The standard InChI is InChI=1S/C19H24FN3O5/c1-19(2,3)23(10-16(25)21-13-6-4-12(20)5-7-13)17(26)11-28-18(27)14-8-9-15(24)22-14/h4-7,14H,8-11H2,1-3H3,(H,21,25)(H,22,24)/t14-/m1/s1. The second kappa shape index (κ2) is 8.81. The monoisotopic (exact) mass is 393 g/mol. The molecule has 0 aromatic heterocycles. The first-order chi connectivity index (χ1) is 13.1. The molecule has 0 unspecified atom stereocenters. The average Bonchev–Trinajstić information content (AvgIpc) is 3.05. The summed E-state index contributed by atoms with van der Waals surface area (Å²) in [7, 11) is 0. The minimum atomic E-state index is -0.745. The lowest BCUT2D eigenvalue weighted by atomic mass is 10.1. The van der Waals surface area contributed by atoms with E-state index in [4.69, 9.17) is 4.74 Å². The Labute approximate surface area is 162 Å². The zero-order valence-corrected chi connectivity index (χ0v) is 16.1. The minimum Gasteiger partial charge on any atom is -0.454 e. The molecule has 28 heavy (non-hydrogen) atoms. The van der Waals surface area contributed by atoms with E-state index < -0.39 is 41.8 Å². The lowest BCUT2D eigenvalue weighted by Gasteiger charge is -2.35. The van der Waals surface area contributed by atoms with Crippen LogP contribution in [-0.4, -0.2) is 53.3 Å². The summed E-state index contributed by atoms with van der Waals surface area (Å²) in [6, 6.07) is 4.50. The van der Waals surface area contributed by atoms with Gasteiger partial charge in [-0.1, -0.05) is 0 Å². The molecule has 8 nitrogen and oxygen atoms in total. The fourth-order valence-electron chi connectivity index (χ4n) is 2.68. The number of ether oxygens (including phenoxy) is 1. The van der Waals surface area contributed by atoms with Gasteiger partial charge in [0.1, 0.15) is 18.4 Å². The van der Waals surface area contributed by atoms with Crippen molar-refractivity contribution in [3.8, 4) is 0 Å². The summed E-state index contributed by atoms with van der Waals surface area (Å²) in [5.41, 5.74) is -0.304. The van der Waals surface area contributed by atoms with Crippen LogP contribution in [-0.2, 0) is 23.9 Å². The maximum Gasteiger partial charge on any atom is 0.329 e. The Morgan fingerprint density at radius 1 is 1.25 bits per heavy atom. The van der Waals surface area contributed by atoms with Crippen LogP contribution in [0.25, 0.3) is 0 Å². The fourth-order valence-corrected chi connectivity index (χ4v) is 2.68. The van der Waals surface area contributed by atoms with Gasteiger partial charge >= 0.3 is 5.97 Å². The topological polar surface area (TPSA) is 105 Å². The summed E-state index contributed by atoms with van der Waals surface area (Å²) in [6.45, 7) is 4.43. The van der Waals surface area contributed by atoms with Crippen molar-refractivity contribution in [2.45, 2.75) is 45.2 Å². The molecule has 1 heterocycles. The van der Waals surface area contributed by atoms with E-state index >= 15 is 0 Å². The van der Waals surface area contributed by atoms with Gasteiger partial charge in [-0.05, 0) is 51.5 Å². The Hall–Kier alpha value is -2.97. The van der Waals surface area contributed by atoms with Gasteiger partial charge in [-0.25, -0.2) is 9.18 Å². The molecule has 3 amide bonds. The molecule has 0 aliphatic carbocycles. The van der Waals surface area contributed by atoms with E-state index in [0.29, 0.717) is 12.1 Å². The van der Waals surface area contributed by atoms with E-state index in [1.54, 1.807) is 20.8 Å². The first-order valence-corrected chi connectivity index (χ1v) is 8.88. The molecule has 0 spiro atoms. The molecule has 2 rings (SSSR count). The van der Waals surface area contributed by atoms with Gasteiger partial charge in [0.25, 0.3) is 5.91 Å². The van der Waals surface area contributed by atoms with Crippen LogP contribution in [0.1, 0.15) is 33.6 Å². The zero-order valence-electron chi connectivity index (χ0n) is 16.1. The molecule has 9 heteroatoms. The van der Waals surface area contributed by atoms with Crippen molar-refractivity contribution in [3.05, 3.63) is 30.1 Å². The number of amides is 3. The van der Waals surface area contributed by atoms with Crippen LogP contribution < -0.4 is 10.6 Å². The van der Waals surface area contributed by atoms with Crippen LogP contribution in [0.3, 0.4) is 0 Å². The third-order valence-corrected chi connectivity index (χ3v) is 4.16. The van der Waals surface area contributed by atoms with E-state index in [1.807, 2.05) is 0 Å². The van der Waals surface area contributed by atoms with Crippen LogP contribution >= 0.6 is 0 Å². The maximum absolute atomic E-state index is 12.9. The van der Waals surface area contributed by atoms with Crippen molar-refractivity contribution in [3.63, 3.8) is 0 Å². The summed E-state index contributed by atoms with van der Waals surface area (Å²) >= 11 is 0. The van der Waals surface area contributed by atoms with Crippen LogP contribution in [0.5, 0.6) is 0 Å². The average molecular weight is 393 g/mol. The van der Waals surface area contributed by atoms with Crippen LogP contribution in [0, 0.1) is 5.82 Å². The van der Waals surface area contributed by atoms with Crippen molar-refractivity contribution < 1.29 is 28.3 Å². The number of nitrogens with one attached hydrogen (secondary N) is 2.